The summed E-state index contributed by atoms with van der Waals surface area (Å²) < 4.78 is 5.57. The van der Waals surface area contributed by atoms with Crippen molar-refractivity contribution in [1.82, 2.24) is 4.98 Å². The molecule has 1 saturated heterocycles. The van der Waals surface area contributed by atoms with Crippen LogP contribution in [0.4, 0.5) is 5.69 Å². The van der Waals surface area contributed by atoms with E-state index in [1.54, 1.807) is 12.3 Å². The second-order valence-electron chi connectivity index (χ2n) is 8.05. The van der Waals surface area contributed by atoms with Crippen LogP contribution in [-0.2, 0) is 4.74 Å². The maximum absolute atomic E-state index is 12.6. The van der Waals surface area contributed by atoms with Gasteiger partial charge >= 0.3 is 5.97 Å². The predicted molar refractivity (Wildman–Crippen MR) is 95.4 cm³/mol. The fourth-order valence-corrected chi connectivity index (χ4v) is 4.06. The van der Waals surface area contributed by atoms with Crippen molar-refractivity contribution in [1.29, 1.82) is 0 Å². The van der Waals surface area contributed by atoms with Crippen LogP contribution < -0.4 is 4.90 Å². The summed E-state index contributed by atoms with van der Waals surface area (Å²) in [7, 11) is 0. The number of anilines is 1. The molecule has 0 spiro atoms. The highest BCUT2D eigenvalue weighted by Crippen LogP contribution is 2.40. The first-order chi connectivity index (χ1) is 11.4. The fraction of sp³-hybridized carbons (Fsp3) is 0.500. The van der Waals surface area contributed by atoms with Gasteiger partial charge in [-0.2, -0.15) is 0 Å². The molecule has 24 heavy (non-hydrogen) atoms. The Labute approximate surface area is 142 Å². The first-order valence-electron chi connectivity index (χ1n) is 8.79. The monoisotopic (exact) mass is 324 g/mol. The Hall–Kier alpha value is -2.10. The molecule has 4 heteroatoms. The molecule has 2 aliphatic rings. The Morgan fingerprint density at radius 2 is 2.08 bits per heavy atom. The van der Waals surface area contributed by atoms with Crippen molar-refractivity contribution in [2.75, 3.05) is 11.4 Å². The predicted octanol–water partition coefficient (Wildman–Crippen LogP) is 4.18. The van der Waals surface area contributed by atoms with E-state index >= 15 is 0 Å². The number of benzene rings is 1. The maximum atomic E-state index is 12.6. The van der Waals surface area contributed by atoms with Crippen molar-refractivity contribution in [3.63, 3.8) is 0 Å². The van der Waals surface area contributed by atoms with Gasteiger partial charge in [0.05, 0.1) is 11.1 Å². The molecule has 0 amide bonds. The van der Waals surface area contributed by atoms with Crippen molar-refractivity contribution < 1.29 is 9.53 Å². The molecule has 0 N–H and O–H groups in total. The minimum Gasteiger partial charge on any atom is -0.456 e. The van der Waals surface area contributed by atoms with Gasteiger partial charge in [-0.3, -0.25) is 4.98 Å². The van der Waals surface area contributed by atoms with Crippen LogP contribution in [0.1, 0.15) is 50.4 Å². The molecule has 2 aromatic rings. The van der Waals surface area contributed by atoms with Gasteiger partial charge in [-0.25, -0.2) is 4.79 Å². The van der Waals surface area contributed by atoms with Crippen LogP contribution in [0.15, 0.2) is 30.5 Å². The van der Waals surface area contributed by atoms with E-state index in [2.05, 4.69) is 22.0 Å². The van der Waals surface area contributed by atoms with E-state index in [0.717, 1.165) is 23.4 Å². The van der Waals surface area contributed by atoms with E-state index in [1.807, 2.05) is 26.8 Å². The Morgan fingerprint density at radius 1 is 1.25 bits per heavy atom. The van der Waals surface area contributed by atoms with Crippen LogP contribution in [0.25, 0.3) is 10.9 Å². The Balaban J connectivity index is 1.72. The number of ether oxygens (including phenoxy) is 1. The summed E-state index contributed by atoms with van der Waals surface area (Å²) in [5, 5.41) is 0.882. The molecule has 1 aromatic heterocycles. The Bertz CT molecular complexity index is 794. The molecule has 2 bridgehead atoms. The molecule has 4 rings (SSSR count). The van der Waals surface area contributed by atoms with Crippen LogP contribution in [-0.4, -0.2) is 29.1 Å². The van der Waals surface area contributed by atoms with Crippen molar-refractivity contribution in [2.45, 2.75) is 51.7 Å². The zero-order valence-corrected chi connectivity index (χ0v) is 14.6. The number of carbonyl (C=O) groups excluding carboxylic acids is 1. The lowest BCUT2D eigenvalue weighted by molar-refractivity contribution is 0.00718. The maximum Gasteiger partial charge on any atom is 0.339 e. The molecule has 126 valence electrons. The number of esters is 1. The normalized spacial score (nSPS) is 23.0. The second kappa shape index (κ2) is 5.47. The summed E-state index contributed by atoms with van der Waals surface area (Å²) in [6, 6.07) is 8.69. The van der Waals surface area contributed by atoms with E-state index < -0.39 is 5.60 Å². The molecule has 1 aliphatic heterocycles. The summed E-state index contributed by atoms with van der Waals surface area (Å²) >= 11 is 0. The summed E-state index contributed by atoms with van der Waals surface area (Å²) in [4.78, 5) is 19.5. The third-order valence-corrected chi connectivity index (χ3v) is 5.08. The van der Waals surface area contributed by atoms with E-state index in [1.165, 1.54) is 24.9 Å². The van der Waals surface area contributed by atoms with Gasteiger partial charge < -0.3 is 9.64 Å². The van der Waals surface area contributed by atoms with Gasteiger partial charge in [-0.15, -0.1) is 0 Å². The number of fused-ring (bicyclic) bond motifs is 3. The number of aromatic nitrogens is 1. The van der Waals surface area contributed by atoms with Gasteiger partial charge in [0.1, 0.15) is 5.60 Å². The van der Waals surface area contributed by atoms with Crippen molar-refractivity contribution in [2.24, 2.45) is 5.92 Å². The topological polar surface area (TPSA) is 42.4 Å². The third-order valence-electron chi connectivity index (χ3n) is 5.08. The minimum atomic E-state index is -0.502. The highest BCUT2D eigenvalue weighted by Gasteiger charge is 2.37. The van der Waals surface area contributed by atoms with Crippen LogP contribution in [0.2, 0.25) is 0 Å². The van der Waals surface area contributed by atoms with E-state index in [0.29, 0.717) is 11.6 Å². The molecule has 1 aliphatic carbocycles. The smallest absolute Gasteiger partial charge is 0.339 e. The molecule has 4 nitrogen and oxygen atoms in total. The van der Waals surface area contributed by atoms with Crippen molar-refractivity contribution in [3.8, 4) is 0 Å². The third kappa shape index (κ3) is 2.74. The lowest BCUT2D eigenvalue weighted by atomic mass is 10.1. The average molecular weight is 324 g/mol. The molecule has 2 fully saturated rings. The van der Waals surface area contributed by atoms with Gasteiger partial charge in [0.25, 0.3) is 0 Å². The molecular formula is C20H24N2O2. The van der Waals surface area contributed by atoms with E-state index in [-0.39, 0.29) is 5.97 Å². The number of pyridine rings is 1. The van der Waals surface area contributed by atoms with Crippen LogP contribution in [0, 0.1) is 5.92 Å². The SMILES string of the molecule is CC(C)(C)OC(=O)c1ccnc2ccc(N3CC4CCC3C4)cc12. The second-order valence-corrected chi connectivity index (χ2v) is 8.05. The summed E-state index contributed by atoms with van der Waals surface area (Å²) in [5.41, 5.74) is 2.14. The van der Waals surface area contributed by atoms with Gasteiger partial charge in [-0.05, 0) is 70.2 Å². The Morgan fingerprint density at radius 3 is 2.75 bits per heavy atom. The van der Waals surface area contributed by atoms with Crippen molar-refractivity contribution in [3.05, 3.63) is 36.0 Å². The number of hydrogen-bond acceptors (Lipinski definition) is 4. The Kier molecular flexibility index (Phi) is 3.52. The zero-order chi connectivity index (χ0) is 16.9. The lowest BCUT2D eigenvalue weighted by Crippen LogP contribution is -2.31. The highest BCUT2D eigenvalue weighted by molar-refractivity contribution is 6.04. The van der Waals surface area contributed by atoms with Crippen molar-refractivity contribution >= 4 is 22.6 Å². The average Bonchev–Trinajstić information content (AvgIpc) is 3.15. The van der Waals surface area contributed by atoms with E-state index in [4.69, 9.17) is 4.74 Å². The van der Waals surface area contributed by atoms with Crippen LogP contribution >= 0.6 is 0 Å². The number of piperidine rings is 1. The summed E-state index contributed by atoms with van der Waals surface area (Å²) in [6.45, 7) is 6.81. The highest BCUT2D eigenvalue weighted by atomic mass is 16.6. The molecule has 1 aromatic carbocycles. The summed E-state index contributed by atoms with van der Waals surface area (Å²) in [5.74, 6) is 0.555. The molecule has 2 atom stereocenters. The van der Waals surface area contributed by atoms with Gasteiger partial charge in [-0.1, -0.05) is 0 Å². The quantitative estimate of drug-likeness (QED) is 0.777. The first kappa shape index (κ1) is 15.4. The number of rotatable bonds is 2. The fourth-order valence-electron chi connectivity index (χ4n) is 4.06. The molecule has 0 radical (unpaired) electrons. The molecule has 2 unspecified atom stereocenters. The van der Waals surface area contributed by atoms with Gasteiger partial charge in [0, 0.05) is 29.9 Å². The van der Waals surface area contributed by atoms with Crippen LogP contribution in [0.5, 0.6) is 0 Å². The van der Waals surface area contributed by atoms with Crippen LogP contribution in [0.3, 0.4) is 0 Å². The molecule has 2 heterocycles. The zero-order valence-electron chi connectivity index (χ0n) is 14.6. The number of carbonyl (C=O) groups is 1. The standard InChI is InChI=1S/C20H24N2O2/c1-20(2,3)24-19(23)16-8-9-21-18-7-6-15(11-17(16)18)22-12-13-4-5-14(22)10-13/h6-9,11,13-14H,4-5,10,12H2,1-3H3. The first-order valence-corrected chi connectivity index (χ1v) is 8.79. The molecular weight excluding hydrogens is 300 g/mol. The van der Waals surface area contributed by atoms with E-state index in [9.17, 15) is 4.79 Å². The molecule has 1 saturated carbocycles. The lowest BCUT2D eigenvalue weighted by Gasteiger charge is -2.29. The number of nitrogens with zero attached hydrogens (tertiary/aromatic N) is 2. The van der Waals surface area contributed by atoms with Gasteiger partial charge in [0.2, 0.25) is 0 Å². The summed E-state index contributed by atoms with van der Waals surface area (Å²) in [6.07, 6.45) is 5.64. The largest absolute Gasteiger partial charge is 0.456 e. The van der Waals surface area contributed by atoms with Gasteiger partial charge in [0.15, 0.2) is 0 Å². The number of hydrogen-bond donors (Lipinski definition) is 0. The minimum absolute atomic E-state index is 0.282.